The number of hydrogen-bond acceptors (Lipinski definition) is 3. The lowest BCUT2D eigenvalue weighted by Gasteiger charge is -2.18. The number of amides is 1. The molecule has 1 aliphatic rings. The fourth-order valence-corrected chi connectivity index (χ4v) is 3.05. The molecule has 126 valence electrons. The Labute approximate surface area is 141 Å². The molecule has 0 radical (unpaired) electrons. The molecule has 1 amide bonds. The molecule has 1 fully saturated rings. The minimum absolute atomic E-state index is 0.166. The highest BCUT2D eigenvalue weighted by molar-refractivity contribution is 6.04. The van der Waals surface area contributed by atoms with Crippen LogP contribution in [0.3, 0.4) is 0 Å². The van der Waals surface area contributed by atoms with E-state index < -0.39 is 0 Å². The molecular formula is C19H23N3O2. The summed E-state index contributed by atoms with van der Waals surface area (Å²) >= 11 is 0. The number of benzene rings is 1. The summed E-state index contributed by atoms with van der Waals surface area (Å²) in [6.45, 7) is 4.86. The Morgan fingerprint density at radius 3 is 2.58 bits per heavy atom. The summed E-state index contributed by atoms with van der Waals surface area (Å²) in [6.07, 6.45) is 2.46. The molecule has 5 nitrogen and oxygen atoms in total. The molecule has 0 aliphatic carbocycles. The number of rotatable bonds is 4. The van der Waals surface area contributed by atoms with Crippen molar-refractivity contribution in [2.75, 3.05) is 18.4 Å². The second kappa shape index (κ2) is 7.01. The minimum atomic E-state index is -0.357. The van der Waals surface area contributed by atoms with Crippen LogP contribution in [0.4, 0.5) is 5.69 Å². The summed E-state index contributed by atoms with van der Waals surface area (Å²) in [7, 11) is 1.68. The molecular weight excluding hydrogens is 302 g/mol. The van der Waals surface area contributed by atoms with Gasteiger partial charge in [0.2, 0.25) is 0 Å². The molecule has 3 rings (SSSR count). The lowest BCUT2D eigenvalue weighted by Crippen LogP contribution is -2.29. The molecule has 2 aromatic rings. The Bertz CT molecular complexity index is 804. The second-order valence-electron chi connectivity index (χ2n) is 6.35. The maximum absolute atomic E-state index is 12.5. The first-order chi connectivity index (χ1) is 11.6. The lowest BCUT2D eigenvalue weighted by atomic mass is 10.1. The van der Waals surface area contributed by atoms with Gasteiger partial charge >= 0.3 is 0 Å². The van der Waals surface area contributed by atoms with E-state index in [9.17, 15) is 9.59 Å². The molecule has 0 unspecified atom stereocenters. The molecule has 0 saturated carbocycles. The van der Waals surface area contributed by atoms with Crippen molar-refractivity contribution >= 4 is 11.6 Å². The fraction of sp³-hybridized carbons (Fsp3) is 0.368. The zero-order chi connectivity index (χ0) is 17.1. The summed E-state index contributed by atoms with van der Waals surface area (Å²) in [4.78, 5) is 27.2. The zero-order valence-corrected chi connectivity index (χ0v) is 14.2. The third-order valence-electron chi connectivity index (χ3n) is 4.66. The van der Waals surface area contributed by atoms with Gasteiger partial charge < -0.3 is 9.88 Å². The molecule has 24 heavy (non-hydrogen) atoms. The SMILES string of the molecule is Cc1ccc(C(=O)Nc2ccccc2CN2CCCC2)c(=O)n1C. The van der Waals surface area contributed by atoms with E-state index >= 15 is 0 Å². The maximum Gasteiger partial charge on any atom is 0.263 e. The molecule has 2 heterocycles. The first-order valence-corrected chi connectivity index (χ1v) is 8.34. The van der Waals surface area contributed by atoms with Crippen LogP contribution in [0.25, 0.3) is 0 Å². The number of carbonyl (C=O) groups is 1. The van der Waals surface area contributed by atoms with Gasteiger partial charge in [0, 0.05) is 25.0 Å². The monoisotopic (exact) mass is 325 g/mol. The molecule has 0 spiro atoms. The lowest BCUT2D eigenvalue weighted by molar-refractivity contribution is 0.102. The average molecular weight is 325 g/mol. The summed E-state index contributed by atoms with van der Waals surface area (Å²) in [5.41, 5.74) is 2.57. The van der Waals surface area contributed by atoms with Crippen LogP contribution < -0.4 is 10.9 Å². The number of hydrogen-bond donors (Lipinski definition) is 1. The van der Waals surface area contributed by atoms with Crippen molar-refractivity contribution in [3.63, 3.8) is 0 Å². The minimum Gasteiger partial charge on any atom is -0.322 e. The standard InChI is InChI=1S/C19H23N3O2/c1-14-9-10-16(19(24)21(14)2)18(23)20-17-8-4-3-7-15(17)13-22-11-5-6-12-22/h3-4,7-10H,5-6,11-13H2,1-2H3,(H,20,23). The molecule has 5 heteroatoms. The first-order valence-electron chi connectivity index (χ1n) is 8.34. The number of nitrogens with one attached hydrogen (secondary N) is 1. The van der Waals surface area contributed by atoms with Crippen LogP contribution in [0.2, 0.25) is 0 Å². The van der Waals surface area contributed by atoms with Crippen molar-refractivity contribution in [3.05, 3.63) is 63.6 Å². The number of likely N-dealkylation sites (tertiary alicyclic amines) is 1. The van der Waals surface area contributed by atoms with Crippen LogP contribution in [0, 0.1) is 6.92 Å². The van der Waals surface area contributed by atoms with Crippen molar-refractivity contribution < 1.29 is 4.79 Å². The van der Waals surface area contributed by atoms with E-state index in [1.807, 2.05) is 31.2 Å². The van der Waals surface area contributed by atoms with Gasteiger partial charge in [0.25, 0.3) is 11.5 Å². The second-order valence-corrected chi connectivity index (χ2v) is 6.35. The number of aryl methyl sites for hydroxylation is 1. The number of aromatic nitrogens is 1. The van der Waals surface area contributed by atoms with E-state index in [0.29, 0.717) is 0 Å². The van der Waals surface area contributed by atoms with Crippen LogP contribution in [-0.2, 0) is 13.6 Å². The Hall–Kier alpha value is -2.40. The van der Waals surface area contributed by atoms with Crippen LogP contribution in [-0.4, -0.2) is 28.5 Å². The quantitative estimate of drug-likeness (QED) is 0.940. The van der Waals surface area contributed by atoms with Crippen molar-refractivity contribution in [3.8, 4) is 0 Å². The van der Waals surface area contributed by atoms with Gasteiger partial charge in [-0.2, -0.15) is 0 Å². The van der Waals surface area contributed by atoms with Crippen LogP contribution in [0.1, 0.15) is 34.5 Å². The van der Waals surface area contributed by atoms with E-state index in [4.69, 9.17) is 0 Å². The molecule has 0 atom stereocenters. The summed E-state index contributed by atoms with van der Waals surface area (Å²) < 4.78 is 1.49. The van der Waals surface area contributed by atoms with Crippen molar-refractivity contribution in [1.29, 1.82) is 0 Å². The zero-order valence-electron chi connectivity index (χ0n) is 14.2. The number of para-hydroxylation sites is 1. The predicted octanol–water partition coefficient (Wildman–Crippen LogP) is 2.54. The molecule has 0 bridgehead atoms. The molecule has 1 aromatic carbocycles. The summed E-state index contributed by atoms with van der Waals surface area (Å²) in [5, 5.41) is 2.91. The maximum atomic E-state index is 12.5. The van der Waals surface area contributed by atoms with Gasteiger partial charge in [-0.3, -0.25) is 14.5 Å². The van der Waals surface area contributed by atoms with Gasteiger partial charge in [0.15, 0.2) is 0 Å². The molecule has 1 N–H and O–H groups in total. The third kappa shape index (κ3) is 3.41. The summed E-state index contributed by atoms with van der Waals surface area (Å²) in [6, 6.07) is 11.2. The number of nitrogens with zero attached hydrogens (tertiary/aromatic N) is 2. The number of pyridine rings is 1. The fourth-order valence-electron chi connectivity index (χ4n) is 3.05. The van der Waals surface area contributed by atoms with Gasteiger partial charge in [0.1, 0.15) is 5.56 Å². The highest BCUT2D eigenvalue weighted by Crippen LogP contribution is 2.20. The van der Waals surface area contributed by atoms with Crippen molar-refractivity contribution in [2.45, 2.75) is 26.3 Å². The van der Waals surface area contributed by atoms with E-state index in [0.717, 1.165) is 36.6 Å². The van der Waals surface area contributed by atoms with E-state index in [-0.39, 0.29) is 17.0 Å². The van der Waals surface area contributed by atoms with Gasteiger partial charge in [0.05, 0.1) is 0 Å². The Balaban J connectivity index is 1.82. The smallest absolute Gasteiger partial charge is 0.263 e. The normalized spacial score (nSPS) is 14.8. The molecule has 1 aromatic heterocycles. The first kappa shape index (κ1) is 16.5. The average Bonchev–Trinajstić information content (AvgIpc) is 3.07. The predicted molar refractivity (Wildman–Crippen MR) is 95.3 cm³/mol. The van der Waals surface area contributed by atoms with Crippen molar-refractivity contribution in [1.82, 2.24) is 9.47 Å². The van der Waals surface area contributed by atoms with Crippen molar-refractivity contribution in [2.24, 2.45) is 7.05 Å². The Morgan fingerprint density at radius 1 is 1.12 bits per heavy atom. The van der Waals surface area contributed by atoms with E-state index in [1.165, 1.54) is 17.4 Å². The largest absolute Gasteiger partial charge is 0.322 e. The van der Waals surface area contributed by atoms with Crippen LogP contribution in [0.15, 0.2) is 41.2 Å². The third-order valence-corrected chi connectivity index (χ3v) is 4.66. The Kier molecular flexibility index (Phi) is 4.81. The van der Waals surface area contributed by atoms with Crippen LogP contribution >= 0.6 is 0 Å². The number of anilines is 1. The number of carbonyl (C=O) groups excluding carboxylic acids is 1. The van der Waals surface area contributed by atoms with E-state index in [2.05, 4.69) is 10.2 Å². The highest BCUT2D eigenvalue weighted by Gasteiger charge is 2.16. The van der Waals surface area contributed by atoms with E-state index in [1.54, 1.807) is 19.2 Å². The molecule has 1 aliphatic heterocycles. The van der Waals surface area contributed by atoms with Gasteiger partial charge in [-0.25, -0.2) is 0 Å². The van der Waals surface area contributed by atoms with Gasteiger partial charge in [-0.05, 0) is 56.6 Å². The van der Waals surface area contributed by atoms with Gasteiger partial charge in [-0.1, -0.05) is 18.2 Å². The molecule has 1 saturated heterocycles. The van der Waals surface area contributed by atoms with Crippen LogP contribution in [0.5, 0.6) is 0 Å². The highest BCUT2D eigenvalue weighted by atomic mass is 16.2. The Morgan fingerprint density at radius 2 is 1.83 bits per heavy atom. The topological polar surface area (TPSA) is 54.3 Å². The summed E-state index contributed by atoms with van der Waals surface area (Å²) in [5.74, 6) is -0.357. The van der Waals surface area contributed by atoms with Gasteiger partial charge in [-0.15, -0.1) is 0 Å².